The second-order valence-electron chi connectivity index (χ2n) is 9.31. The molecule has 2 heterocycles. The molecule has 11 heteroatoms. The Kier molecular flexibility index (Phi) is 7.33. The Bertz CT molecular complexity index is 1190. The van der Waals surface area contributed by atoms with Gasteiger partial charge in [0, 0.05) is 37.7 Å². The zero-order valence-corrected chi connectivity index (χ0v) is 21.1. The van der Waals surface area contributed by atoms with Crippen LogP contribution in [-0.4, -0.2) is 51.5 Å². The summed E-state index contributed by atoms with van der Waals surface area (Å²) in [5.41, 5.74) is 1.99. The van der Waals surface area contributed by atoms with E-state index in [-0.39, 0.29) is 24.3 Å². The summed E-state index contributed by atoms with van der Waals surface area (Å²) in [7, 11) is -4.99. The van der Waals surface area contributed by atoms with E-state index in [4.69, 9.17) is 0 Å². The van der Waals surface area contributed by atoms with Crippen LogP contribution in [0.3, 0.4) is 0 Å². The van der Waals surface area contributed by atoms with Gasteiger partial charge in [-0.3, -0.25) is 18.9 Å². The third kappa shape index (κ3) is 4.82. The van der Waals surface area contributed by atoms with Crippen molar-refractivity contribution < 1.29 is 28.7 Å². The lowest BCUT2D eigenvalue weighted by molar-refractivity contribution is -0.136. The molecule has 4 rings (SSSR count). The Morgan fingerprint density at radius 1 is 0.944 bits per heavy atom. The van der Waals surface area contributed by atoms with Crippen LogP contribution in [0.5, 0.6) is 0 Å². The minimum Gasteiger partial charge on any atom is -0.326 e. The largest absolute Gasteiger partial charge is 0.356 e. The first kappa shape index (κ1) is 26.0. The molecule has 2 saturated heterocycles. The average Bonchev–Trinajstić information content (AvgIpc) is 3.48. The minimum absolute atomic E-state index is 0.174. The third-order valence-corrected chi connectivity index (χ3v) is 8.57. The van der Waals surface area contributed by atoms with E-state index < -0.39 is 24.8 Å². The number of carbonyl (C=O) groups excluding carboxylic acids is 3. The van der Waals surface area contributed by atoms with Crippen molar-refractivity contribution in [2.45, 2.75) is 50.3 Å². The topological polar surface area (TPSA) is 148 Å². The molecule has 0 spiro atoms. The quantitative estimate of drug-likeness (QED) is 0.372. The average molecular weight is 515 g/mol. The van der Waals surface area contributed by atoms with Crippen LogP contribution in [0.4, 0.5) is 11.4 Å². The Balaban J connectivity index is 1.85. The predicted octanol–water partition coefficient (Wildman–Crippen LogP) is 2.70. The van der Waals surface area contributed by atoms with Crippen LogP contribution >= 0.6 is 7.60 Å². The first-order valence-electron chi connectivity index (χ1n) is 11.9. The van der Waals surface area contributed by atoms with Gasteiger partial charge >= 0.3 is 7.60 Å². The summed E-state index contributed by atoms with van der Waals surface area (Å²) < 4.78 is 13.5. The predicted molar refractivity (Wildman–Crippen MR) is 135 cm³/mol. The van der Waals surface area contributed by atoms with Gasteiger partial charge in [0.25, 0.3) is 0 Å². The fourth-order valence-corrected chi connectivity index (χ4v) is 7.15. The van der Waals surface area contributed by atoms with Crippen molar-refractivity contribution in [2.24, 2.45) is 0 Å². The number of nitrogens with one attached hydrogen (secondary N) is 3. The Morgan fingerprint density at radius 3 is 1.97 bits per heavy atom. The van der Waals surface area contributed by atoms with Crippen molar-refractivity contribution in [3.05, 3.63) is 59.7 Å². The maximum absolute atomic E-state index is 13.7. The van der Waals surface area contributed by atoms with E-state index in [0.29, 0.717) is 41.9 Å². The number of carbonyl (C=O) groups is 3. The van der Waals surface area contributed by atoms with Gasteiger partial charge in [0.1, 0.15) is 0 Å². The van der Waals surface area contributed by atoms with E-state index in [1.165, 1.54) is 18.7 Å². The first-order valence-corrected chi connectivity index (χ1v) is 13.5. The number of likely N-dealkylation sites (tertiary alicyclic amines) is 1. The molecule has 2 aromatic carbocycles. The van der Waals surface area contributed by atoms with E-state index in [1.54, 1.807) is 48.5 Å². The lowest BCUT2D eigenvalue weighted by atomic mass is 9.86. The Labute approximate surface area is 209 Å². The summed E-state index contributed by atoms with van der Waals surface area (Å²) in [6.07, 6.45) is 1.76. The highest BCUT2D eigenvalue weighted by atomic mass is 31.2. The molecular formula is C25H31N4O6P. The molecule has 0 saturated carbocycles. The monoisotopic (exact) mass is 514 g/mol. The highest BCUT2D eigenvalue weighted by molar-refractivity contribution is 7.53. The van der Waals surface area contributed by atoms with Gasteiger partial charge in [-0.2, -0.15) is 0 Å². The zero-order chi connectivity index (χ0) is 26.1. The van der Waals surface area contributed by atoms with Gasteiger partial charge in [-0.1, -0.05) is 24.3 Å². The van der Waals surface area contributed by atoms with Gasteiger partial charge in [0.05, 0.1) is 6.04 Å². The maximum Gasteiger partial charge on any atom is 0.356 e. The lowest BCUT2D eigenvalue weighted by Gasteiger charge is -2.44. The summed E-state index contributed by atoms with van der Waals surface area (Å²) in [6.45, 7) is 3.62. The van der Waals surface area contributed by atoms with Gasteiger partial charge in [0.15, 0.2) is 5.28 Å². The summed E-state index contributed by atoms with van der Waals surface area (Å²) in [5.74, 6) is -1.54. The Morgan fingerprint density at radius 2 is 1.50 bits per heavy atom. The summed E-state index contributed by atoms with van der Waals surface area (Å²) in [4.78, 5) is 59.9. The maximum atomic E-state index is 13.7. The summed E-state index contributed by atoms with van der Waals surface area (Å²) in [6, 6.07) is 12.6. The number of anilines is 2. The van der Waals surface area contributed by atoms with Gasteiger partial charge in [0.2, 0.25) is 17.7 Å². The number of nitrogens with zero attached hydrogens (tertiary/aromatic N) is 1. The van der Waals surface area contributed by atoms with Crippen molar-refractivity contribution in [1.82, 2.24) is 10.2 Å². The molecule has 2 aliphatic rings. The molecule has 0 radical (unpaired) electrons. The molecule has 3 amide bonds. The van der Waals surface area contributed by atoms with E-state index >= 15 is 0 Å². The van der Waals surface area contributed by atoms with Gasteiger partial charge < -0.3 is 30.6 Å². The number of hydrogen-bond donors (Lipinski definition) is 5. The molecule has 0 unspecified atom stereocenters. The molecule has 2 aliphatic heterocycles. The third-order valence-electron chi connectivity index (χ3n) is 6.87. The smallest absolute Gasteiger partial charge is 0.326 e. The van der Waals surface area contributed by atoms with Crippen LogP contribution in [0.25, 0.3) is 0 Å². The first-order chi connectivity index (χ1) is 17.0. The van der Waals surface area contributed by atoms with Crippen molar-refractivity contribution in [3.8, 4) is 0 Å². The molecule has 0 bridgehead atoms. The minimum atomic E-state index is -4.99. The normalized spacial score (nSPS) is 23.9. The number of benzene rings is 2. The molecule has 2 aromatic rings. The molecule has 5 N–H and O–H groups in total. The summed E-state index contributed by atoms with van der Waals surface area (Å²) in [5, 5.41) is 6.57. The van der Waals surface area contributed by atoms with Crippen LogP contribution in [0.2, 0.25) is 0 Å². The second-order valence-corrected chi connectivity index (χ2v) is 11.1. The van der Waals surface area contributed by atoms with Crippen molar-refractivity contribution in [1.29, 1.82) is 0 Å². The fourth-order valence-electron chi connectivity index (χ4n) is 5.47. The fraction of sp³-hybridized carbons (Fsp3) is 0.400. The highest BCUT2D eigenvalue weighted by Crippen LogP contribution is 2.68. The molecule has 0 aliphatic carbocycles. The molecule has 3 atom stereocenters. The number of rotatable bonds is 6. The van der Waals surface area contributed by atoms with Crippen molar-refractivity contribution in [3.63, 3.8) is 0 Å². The van der Waals surface area contributed by atoms with Gasteiger partial charge in [-0.15, -0.1) is 0 Å². The second kappa shape index (κ2) is 10.1. The SMILES string of the molecule is CC(=O)Nc1ccc([C@H]2CCN(C(=O)[C@@H]3CCCN3)[C@]2(c2ccc(NC(C)=O)cc2)P(=O)(O)O)cc1. The molecule has 192 valence electrons. The standard InChI is InChI=1S/C25H31N4O6P/c1-16(30)27-20-9-5-18(6-10-20)22-13-15-29(24(32)23-4-3-14-26-23)25(22,36(33,34)35)19-7-11-21(12-8-19)28-17(2)31/h5-12,22-23,26H,3-4,13-15H2,1-2H3,(H,27,30)(H,28,31)(H2,33,34,35)/t22-,23+,25-/m1/s1. The molecule has 0 aromatic heterocycles. The van der Waals surface area contributed by atoms with E-state index in [0.717, 1.165) is 6.42 Å². The molecule has 2 fully saturated rings. The van der Waals surface area contributed by atoms with Gasteiger partial charge in [-0.05, 0) is 61.2 Å². The lowest BCUT2D eigenvalue weighted by Crippen LogP contribution is -2.52. The van der Waals surface area contributed by atoms with Crippen LogP contribution in [0, 0.1) is 0 Å². The molecule has 36 heavy (non-hydrogen) atoms. The van der Waals surface area contributed by atoms with Crippen LogP contribution in [-0.2, 0) is 24.2 Å². The van der Waals surface area contributed by atoms with Crippen LogP contribution in [0.15, 0.2) is 48.5 Å². The Hall–Kier alpha value is -3.04. The van der Waals surface area contributed by atoms with Crippen LogP contribution in [0.1, 0.15) is 50.2 Å². The highest BCUT2D eigenvalue weighted by Gasteiger charge is 2.63. The summed E-state index contributed by atoms with van der Waals surface area (Å²) >= 11 is 0. The van der Waals surface area contributed by atoms with E-state index in [1.807, 2.05) is 0 Å². The van der Waals surface area contributed by atoms with Crippen LogP contribution < -0.4 is 16.0 Å². The zero-order valence-electron chi connectivity index (χ0n) is 20.2. The number of hydrogen-bond acceptors (Lipinski definition) is 5. The van der Waals surface area contributed by atoms with E-state index in [9.17, 15) is 28.7 Å². The van der Waals surface area contributed by atoms with Crippen molar-refractivity contribution in [2.75, 3.05) is 23.7 Å². The molecular weight excluding hydrogens is 483 g/mol. The number of amides is 3. The van der Waals surface area contributed by atoms with Gasteiger partial charge in [-0.25, -0.2) is 0 Å². The van der Waals surface area contributed by atoms with E-state index in [2.05, 4.69) is 16.0 Å². The molecule has 10 nitrogen and oxygen atoms in total. The van der Waals surface area contributed by atoms with Crippen molar-refractivity contribution >= 4 is 36.7 Å².